The number of aliphatic hydroxyl groups excluding tert-OH is 1. The lowest BCUT2D eigenvalue weighted by atomic mass is 10.1. The Morgan fingerprint density at radius 1 is 1.45 bits per heavy atom. The van der Waals surface area contributed by atoms with Crippen LogP contribution in [0.25, 0.3) is 0 Å². The van der Waals surface area contributed by atoms with Crippen LogP contribution in [0.5, 0.6) is 0 Å². The molecule has 122 valence electrons. The van der Waals surface area contributed by atoms with Gasteiger partial charge in [0.05, 0.1) is 6.61 Å². The highest BCUT2D eigenvalue weighted by Crippen LogP contribution is 2.12. The molecule has 0 spiro atoms. The molecule has 0 saturated carbocycles. The molecule has 0 aromatic carbocycles. The molecule has 4 heteroatoms. The van der Waals surface area contributed by atoms with Crippen LogP contribution >= 0.6 is 0 Å². The molecule has 4 nitrogen and oxygen atoms in total. The summed E-state index contributed by atoms with van der Waals surface area (Å²) in [6, 6.07) is -0.342. The van der Waals surface area contributed by atoms with Gasteiger partial charge in [-0.3, -0.25) is 9.69 Å². The van der Waals surface area contributed by atoms with E-state index >= 15 is 0 Å². The second kappa shape index (κ2) is 11.7. The molecular formula is C18H28N2O2. The van der Waals surface area contributed by atoms with Gasteiger partial charge in [0, 0.05) is 24.0 Å². The normalized spacial score (nSPS) is 14.6. The summed E-state index contributed by atoms with van der Waals surface area (Å²) in [5.41, 5.74) is 7.32. The summed E-state index contributed by atoms with van der Waals surface area (Å²) in [6.07, 6.45) is 13.7. The van der Waals surface area contributed by atoms with Crippen LogP contribution in [0.15, 0.2) is 60.5 Å². The van der Waals surface area contributed by atoms with Gasteiger partial charge in [-0.15, -0.1) is 0 Å². The van der Waals surface area contributed by atoms with E-state index in [0.717, 1.165) is 17.7 Å². The largest absolute Gasteiger partial charge is 0.395 e. The first-order chi connectivity index (χ1) is 10.5. The van der Waals surface area contributed by atoms with Crippen molar-refractivity contribution < 1.29 is 9.90 Å². The number of amides is 1. The number of hydrogen-bond acceptors (Lipinski definition) is 3. The number of hydrogen-bond donors (Lipinski definition) is 2. The molecule has 0 fully saturated rings. The fraction of sp³-hybridized carbons (Fsp3) is 0.389. The van der Waals surface area contributed by atoms with Crippen LogP contribution < -0.4 is 5.73 Å². The Hall–Kier alpha value is -1.91. The highest BCUT2D eigenvalue weighted by Gasteiger charge is 2.12. The van der Waals surface area contributed by atoms with Crippen LogP contribution in [0.4, 0.5) is 0 Å². The number of carbonyl (C=O) groups is 1. The third kappa shape index (κ3) is 7.76. The van der Waals surface area contributed by atoms with E-state index in [-0.39, 0.29) is 18.6 Å². The Morgan fingerprint density at radius 3 is 2.64 bits per heavy atom. The molecule has 1 atom stereocenters. The van der Waals surface area contributed by atoms with Crippen LogP contribution in [-0.2, 0) is 4.79 Å². The number of rotatable bonds is 9. The van der Waals surface area contributed by atoms with Gasteiger partial charge in [-0.05, 0) is 32.8 Å². The molecule has 1 unspecified atom stereocenters. The summed E-state index contributed by atoms with van der Waals surface area (Å²) in [4.78, 5) is 14.1. The minimum Gasteiger partial charge on any atom is -0.395 e. The predicted octanol–water partition coefficient (Wildman–Crippen LogP) is 3.04. The lowest BCUT2D eigenvalue weighted by Crippen LogP contribution is -2.26. The van der Waals surface area contributed by atoms with Crippen molar-refractivity contribution in [1.82, 2.24) is 4.90 Å². The zero-order valence-electron chi connectivity index (χ0n) is 13.8. The van der Waals surface area contributed by atoms with Gasteiger partial charge in [0.1, 0.15) is 0 Å². The number of nitrogens with two attached hydrogens (primary N) is 1. The van der Waals surface area contributed by atoms with E-state index in [9.17, 15) is 4.79 Å². The maximum absolute atomic E-state index is 12.5. The van der Waals surface area contributed by atoms with E-state index in [1.807, 2.05) is 39.0 Å². The Balaban J connectivity index is 5.33. The van der Waals surface area contributed by atoms with Gasteiger partial charge in [-0.1, -0.05) is 43.4 Å². The maximum atomic E-state index is 12.5. The summed E-state index contributed by atoms with van der Waals surface area (Å²) >= 11 is 0. The van der Waals surface area contributed by atoms with Crippen LogP contribution in [0, 0.1) is 0 Å². The first-order valence-electron chi connectivity index (χ1n) is 7.48. The molecule has 3 N–H and O–H groups in total. The minimum atomic E-state index is -0.342. The molecule has 0 heterocycles. The molecule has 0 bridgehead atoms. The molecular weight excluding hydrogens is 276 g/mol. The predicted molar refractivity (Wildman–Crippen MR) is 92.8 cm³/mol. The molecule has 0 rings (SSSR count). The Kier molecular flexibility index (Phi) is 10.7. The zero-order chi connectivity index (χ0) is 17.0. The second-order valence-corrected chi connectivity index (χ2v) is 4.96. The van der Waals surface area contributed by atoms with Crippen molar-refractivity contribution in [2.24, 2.45) is 5.73 Å². The molecule has 0 aliphatic heterocycles. The third-order valence-corrected chi connectivity index (χ3v) is 2.82. The SMILES string of the molecule is C=C/C=C\C(=C/CC)N(/C=C\C)C(=O)/C=C(\C)CC(N)CO. The van der Waals surface area contributed by atoms with Crippen LogP contribution in [0.3, 0.4) is 0 Å². The fourth-order valence-electron chi connectivity index (χ4n) is 1.88. The van der Waals surface area contributed by atoms with Crippen molar-refractivity contribution >= 4 is 5.91 Å². The van der Waals surface area contributed by atoms with Crippen molar-refractivity contribution in [2.75, 3.05) is 6.61 Å². The first-order valence-corrected chi connectivity index (χ1v) is 7.48. The summed E-state index contributed by atoms with van der Waals surface area (Å²) in [6.45, 7) is 9.27. The van der Waals surface area contributed by atoms with Gasteiger partial charge >= 0.3 is 0 Å². The number of nitrogens with zero attached hydrogens (tertiary/aromatic N) is 1. The van der Waals surface area contributed by atoms with E-state index in [0.29, 0.717) is 6.42 Å². The van der Waals surface area contributed by atoms with E-state index in [4.69, 9.17) is 10.8 Å². The highest BCUT2D eigenvalue weighted by molar-refractivity contribution is 5.90. The van der Waals surface area contributed by atoms with E-state index < -0.39 is 0 Å². The zero-order valence-corrected chi connectivity index (χ0v) is 13.8. The van der Waals surface area contributed by atoms with E-state index in [1.54, 1.807) is 29.3 Å². The van der Waals surface area contributed by atoms with Crippen LogP contribution in [0.2, 0.25) is 0 Å². The van der Waals surface area contributed by atoms with Crippen LogP contribution in [0.1, 0.15) is 33.6 Å². The van der Waals surface area contributed by atoms with Gasteiger partial charge in [0.15, 0.2) is 0 Å². The molecule has 0 aromatic heterocycles. The van der Waals surface area contributed by atoms with Gasteiger partial charge in [0.25, 0.3) is 5.91 Å². The summed E-state index contributed by atoms with van der Waals surface area (Å²) in [5.74, 6) is -0.144. The van der Waals surface area contributed by atoms with Crippen molar-refractivity contribution in [3.05, 3.63) is 60.5 Å². The number of carbonyl (C=O) groups excluding carboxylic acids is 1. The first kappa shape index (κ1) is 20.1. The van der Waals surface area contributed by atoms with E-state index in [2.05, 4.69) is 6.58 Å². The standard InChI is InChI=1S/C18H28N2O2/c1-5-8-10-17(9-6-2)20(11-7-3)18(22)13-15(4)12-16(19)14-21/h5,7-11,13,16,21H,1,6,12,14,19H2,2-4H3/b10-8-,11-7-,15-13+,17-9+. The lowest BCUT2D eigenvalue weighted by Gasteiger charge is -2.19. The minimum absolute atomic E-state index is 0.0962. The Bertz CT molecular complexity index is 473. The topological polar surface area (TPSA) is 66.6 Å². The average Bonchev–Trinajstić information content (AvgIpc) is 2.48. The molecule has 1 amide bonds. The van der Waals surface area contributed by atoms with Gasteiger partial charge in [-0.25, -0.2) is 0 Å². The number of aliphatic hydroxyl groups is 1. The van der Waals surface area contributed by atoms with Crippen molar-refractivity contribution in [3.63, 3.8) is 0 Å². The second-order valence-electron chi connectivity index (χ2n) is 4.96. The van der Waals surface area contributed by atoms with Crippen molar-refractivity contribution in [1.29, 1.82) is 0 Å². The Morgan fingerprint density at radius 2 is 2.14 bits per heavy atom. The summed E-state index contributed by atoms with van der Waals surface area (Å²) < 4.78 is 0. The third-order valence-electron chi connectivity index (χ3n) is 2.82. The molecule has 22 heavy (non-hydrogen) atoms. The van der Waals surface area contributed by atoms with Crippen LogP contribution in [-0.4, -0.2) is 28.6 Å². The monoisotopic (exact) mass is 304 g/mol. The maximum Gasteiger partial charge on any atom is 0.254 e. The lowest BCUT2D eigenvalue weighted by molar-refractivity contribution is -0.122. The summed E-state index contributed by atoms with van der Waals surface area (Å²) in [5, 5.41) is 8.98. The van der Waals surface area contributed by atoms with Gasteiger partial charge in [-0.2, -0.15) is 0 Å². The fourth-order valence-corrected chi connectivity index (χ4v) is 1.88. The van der Waals surface area contributed by atoms with E-state index in [1.165, 1.54) is 0 Å². The van der Waals surface area contributed by atoms with Crippen molar-refractivity contribution in [2.45, 2.75) is 39.7 Å². The quantitative estimate of drug-likeness (QED) is 0.508. The molecule has 0 saturated heterocycles. The molecule has 0 aliphatic rings. The number of allylic oxidation sites excluding steroid dienone is 5. The smallest absolute Gasteiger partial charge is 0.254 e. The molecule has 0 aliphatic carbocycles. The highest BCUT2D eigenvalue weighted by atomic mass is 16.3. The Labute approximate surface area is 134 Å². The molecule has 0 aromatic rings. The van der Waals surface area contributed by atoms with Gasteiger partial charge in [0.2, 0.25) is 0 Å². The molecule has 0 radical (unpaired) electrons. The average molecular weight is 304 g/mol. The van der Waals surface area contributed by atoms with Gasteiger partial charge < -0.3 is 10.8 Å². The summed E-state index contributed by atoms with van der Waals surface area (Å²) in [7, 11) is 0. The van der Waals surface area contributed by atoms with Crippen molar-refractivity contribution in [3.8, 4) is 0 Å².